The van der Waals surface area contributed by atoms with Crippen molar-refractivity contribution in [2.75, 3.05) is 6.54 Å². The van der Waals surface area contributed by atoms with Crippen molar-refractivity contribution >= 4 is 15.9 Å². The lowest BCUT2D eigenvalue weighted by Crippen LogP contribution is -2.11. The summed E-state index contributed by atoms with van der Waals surface area (Å²) < 4.78 is 1.12. The summed E-state index contributed by atoms with van der Waals surface area (Å²) in [5, 5.41) is 9.64. The average Bonchev–Trinajstić information content (AvgIpc) is 2.64. The molecule has 1 unspecified atom stereocenters. The van der Waals surface area contributed by atoms with Crippen LogP contribution in [0.15, 0.2) is 16.6 Å². The average molecular weight is 256 g/mol. The summed E-state index contributed by atoms with van der Waals surface area (Å²) in [6, 6.07) is 4.08. The van der Waals surface area contributed by atoms with Gasteiger partial charge in [0, 0.05) is 11.0 Å². The number of aryl methyl sites for hydroxylation is 1. The Bertz CT molecular complexity index is 351. The standard InChI is InChI=1S/C11H14BrNO/c12-10-5-8(11(14)6-13)4-7-2-1-3-9(7)10/h4-5,11,14H,1-3,6,13H2. The number of hydrogen-bond donors (Lipinski definition) is 2. The van der Waals surface area contributed by atoms with Crippen LogP contribution in [0.2, 0.25) is 0 Å². The maximum absolute atomic E-state index is 9.64. The van der Waals surface area contributed by atoms with Gasteiger partial charge in [-0.3, -0.25) is 0 Å². The maximum Gasteiger partial charge on any atom is 0.0912 e. The molecule has 1 aromatic carbocycles. The van der Waals surface area contributed by atoms with Crippen LogP contribution in [0.3, 0.4) is 0 Å². The molecule has 14 heavy (non-hydrogen) atoms. The summed E-state index contributed by atoms with van der Waals surface area (Å²) in [5.74, 6) is 0. The SMILES string of the molecule is NCC(O)c1cc(Br)c2c(c1)CCC2. The molecule has 0 heterocycles. The number of benzene rings is 1. The molecule has 2 rings (SSSR count). The van der Waals surface area contributed by atoms with E-state index in [0.717, 1.165) is 22.9 Å². The van der Waals surface area contributed by atoms with Crippen LogP contribution in [-0.4, -0.2) is 11.7 Å². The van der Waals surface area contributed by atoms with Gasteiger partial charge in [0.05, 0.1) is 6.10 Å². The van der Waals surface area contributed by atoms with Gasteiger partial charge < -0.3 is 10.8 Å². The van der Waals surface area contributed by atoms with Crippen LogP contribution in [0.1, 0.15) is 29.2 Å². The largest absolute Gasteiger partial charge is 0.387 e. The fraction of sp³-hybridized carbons (Fsp3) is 0.455. The van der Waals surface area contributed by atoms with Gasteiger partial charge in [-0.1, -0.05) is 22.0 Å². The second kappa shape index (κ2) is 4.01. The molecular weight excluding hydrogens is 242 g/mol. The zero-order valence-corrected chi connectivity index (χ0v) is 9.55. The van der Waals surface area contributed by atoms with Crippen LogP contribution in [0, 0.1) is 0 Å². The van der Waals surface area contributed by atoms with Crippen molar-refractivity contribution < 1.29 is 5.11 Å². The Labute approximate surface area is 92.3 Å². The Morgan fingerprint density at radius 1 is 1.43 bits per heavy atom. The first kappa shape index (κ1) is 10.1. The van der Waals surface area contributed by atoms with Crippen LogP contribution in [0.5, 0.6) is 0 Å². The third kappa shape index (κ3) is 1.72. The molecule has 2 nitrogen and oxygen atoms in total. The van der Waals surface area contributed by atoms with Gasteiger partial charge in [-0.2, -0.15) is 0 Å². The van der Waals surface area contributed by atoms with Crippen molar-refractivity contribution in [3.63, 3.8) is 0 Å². The van der Waals surface area contributed by atoms with Crippen molar-refractivity contribution in [2.24, 2.45) is 5.73 Å². The maximum atomic E-state index is 9.64. The van der Waals surface area contributed by atoms with E-state index in [1.807, 2.05) is 6.07 Å². The lowest BCUT2D eigenvalue weighted by atomic mass is 10.0. The molecule has 1 aliphatic rings. The molecule has 0 fully saturated rings. The Morgan fingerprint density at radius 2 is 2.21 bits per heavy atom. The summed E-state index contributed by atoms with van der Waals surface area (Å²) >= 11 is 3.54. The molecule has 0 radical (unpaired) electrons. The van der Waals surface area contributed by atoms with Gasteiger partial charge in [0.15, 0.2) is 0 Å². The Balaban J connectivity index is 2.41. The van der Waals surface area contributed by atoms with Gasteiger partial charge in [-0.05, 0) is 42.0 Å². The van der Waals surface area contributed by atoms with Gasteiger partial charge >= 0.3 is 0 Å². The van der Waals surface area contributed by atoms with E-state index in [1.54, 1.807) is 0 Å². The number of rotatable bonds is 2. The van der Waals surface area contributed by atoms with E-state index in [9.17, 15) is 5.11 Å². The van der Waals surface area contributed by atoms with E-state index < -0.39 is 6.10 Å². The second-order valence-corrected chi connectivity index (χ2v) is 4.60. The molecule has 3 heteroatoms. The number of fused-ring (bicyclic) bond motifs is 1. The molecule has 76 valence electrons. The summed E-state index contributed by atoms with van der Waals surface area (Å²) in [7, 11) is 0. The number of aliphatic hydroxyl groups excluding tert-OH is 1. The minimum absolute atomic E-state index is 0.283. The molecule has 0 aliphatic heterocycles. The molecule has 1 atom stereocenters. The van der Waals surface area contributed by atoms with Crippen molar-refractivity contribution in [3.8, 4) is 0 Å². The number of aliphatic hydroxyl groups is 1. The van der Waals surface area contributed by atoms with Gasteiger partial charge in [0.1, 0.15) is 0 Å². The third-order valence-electron chi connectivity index (χ3n) is 2.79. The first-order valence-corrected chi connectivity index (χ1v) is 5.71. The lowest BCUT2D eigenvalue weighted by molar-refractivity contribution is 0.186. The highest BCUT2D eigenvalue weighted by Gasteiger charge is 2.16. The van der Waals surface area contributed by atoms with Crippen LogP contribution in [0.25, 0.3) is 0 Å². The van der Waals surface area contributed by atoms with Crippen molar-refractivity contribution in [2.45, 2.75) is 25.4 Å². The summed E-state index contributed by atoms with van der Waals surface area (Å²) in [6.45, 7) is 0.283. The molecule has 1 aliphatic carbocycles. The third-order valence-corrected chi connectivity index (χ3v) is 3.50. The Kier molecular flexibility index (Phi) is 2.91. The predicted octanol–water partition coefficient (Wildman–Crippen LogP) is 1.93. The predicted molar refractivity (Wildman–Crippen MR) is 60.2 cm³/mol. The molecule has 0 aromatic heterocycles. The van der Waals surface area contributed by atoms with E-state index in [2.05, 4.69) is 22.0 Å². The summed E-state index contributed by atoms with van der Waals surface area (Å²) in [6.07, 6.45) is 2.96. The minimum Gasteiger partial charge on any atom is -0.387 e. The second-order valence-electron chi connectivity index (χ2n) is 3.75. The molecule has 0 saturated carbocycles. The molecule has 1 aromatic rings. The quantitative estimate of drug-likeness (QED) is 0.849. The minimum atomic E-state index is -0.530. The monoisotopic (exact) mass is 255 g/mol. The van der Waals surface area contributed by atoms with E-state index in [4.69, 9.17) is 5.73 Å². The zero-order valence-electron chi connectivity index (χ0n) is 7.96. The van der Waals surface area contributed by atoms with Gasteiger partial charge in [-0.25, -0.2) is 0 Å². The van der Waals surface area contributed by atoms with E-state index in [0.29, 0.717) is 0 Å². The first-order valence-electron chi connectivity index (χ1n) is 4.91. The topological polar surface area (TPSA) is 46.2 Å². The van der Waals surface area contributed by atoms with Crippen molar-refractivity contribution in [1.29, 1.82) is 0 Å². The highest BCUT2D eigenvalue weighted by molar-refractivity contribution is 9.10. The summed E-state index contributed by atoms with van der Waals surface area (Å²) in [4.78, 5) is 0. The van der Waals surface area contributed by atoms with Crippen LogP contribution >= 0.6 is 15.9 Å². The Morgan fingerprint density at radius 3 is 2.93 bits per heavy atom. The highest BCUT2D eigenvalue weighted by Crippen LogP contribution is 2.32. The van der Waals surface area contributed by atoms with Crippen molar-refractivity contribution in [1.82, 2.24) is 0 Å². The molecular formula is C11H14BrNO. The number of nitrogens with two attached hydrogens (primary N) is 1. The fourth-order valence-corrected chi connectivity index (χ4v) is 2.72. The number of halogens is 1. The normalized spacial score (nSPS) is 16.8. The smallest absolute Gasteiger partial charge is 0.0912 e. The lowest BCUT2D eigenvalue weighted by Gasteiger charge is -2.11. The van der Waals surface area contributed by atoms with Crippen LogP contribution in [-0.2, 0) is 12.8 Å². The van der Waals surface area contributed by atoms with Crippen LogP contribution in [0.4, 0.5) is 0 Å². The van der Waals surface area contributed by atoms with Crippen LogP contribution < -0.4 is 5.73 Å². The van der Waals surface area contributed by atoms with E-state index in [-0.39, 0.29) is 6.54 Å². The van der Waals surface area contributed by atoms with E-state index in [1.165, 1.54) is 17.5 Å². The zero-order chi connectivity index (χ0) is 10.1. The highest BCUT2D eigenvalue weighted by atomic mass is 79.9. The Hall–Kier alpha value is -0.380. The van der Waals surface area contributed by atoms with Gasteiger partial charge in [-0.15, -0.1) is 0 Å². The molecule has 0 saturated heterocycles. The molecule has 0 spiro atoms. The first-order chi connectivity index (χ1) is 6.72. The number of hydrogen-bond acceptors (Lipinski definition) is 2. The van der Waals surface area contributed by atoms with Gasteiger partial charge in [0.25, 0.3) is 0 Å². The summed E-state index contributed by atoms with van der Waals surface area (Å²) in [5.41, 5.74) is 9.13. The van der Waals surface area contributed by atoms with E-state index >= 15 is 0 Å². The van der Waals surface area contributed by atoms with Gasteiger partial charge in [0.2, 0.25) is 0 Å². The molecule has 0 amide bonds. The van der Waals surface area contributed by atoms with Crippen molar-refractivity contribution in [3.05, 3.63) is 33.3 Å². The molecule has 0 bridgehead atoms. The molecule has 3 N–H and O–H groups in total. The fourth-order valence-electron chi connectivity index (χ4n) is 2.00.